The molecule has 4 rings (SSSR count). The Hall–Kier alpha value is -3.22. The SMILES string of the molecule is CCN(C(=O)c1ccco1)c1cc(-c2ccc(CN3CCOCC3)cc2)cc(C=O)c1C. The fraction of sp³-hybridized carbons (Fsp3) is 0.308. The molecule has 166 valence electrons. The first-order valence-electron chi connectivity index (χ1n) is 10.9. The summed E-state index contributed by atoms with van der Waals surface area (Å²) in [6.07, 6.45) is 2.33. The monoisotopic (exact) mass is 432 g/mol. The molecule has 2 heterocycles. The maximum atomic E-state index is 13.0. The van der Waals surface area contributed by atoms with E-state index in [1.54, 1.807) is 17.0 Å². The molecule has 1 aromatic heterocycles. The van der Waals surface area contributed by atoms with Crippen molar-refractivity contribution in [1.82, 2.24) is 4.90 Å². The van der Waals surface area contributed by atoms with E-state index in [1.165, 1.54) is 11.8 Å². The van der Waals surface area contributed by atoms with Crippen LogP contribution in [0.2, 0.25) is 0 Å². The van der Waals surface area contributed by atoms with Crippen molar-refractivity contribution in [2.75, 3.05) is 37.7 Å². The van der Waals surface area contributed by atoms with Crippen molar-refractivity contribution < 1.29 is 18.7 Å². The molecule has 32 heavy (non-hydrogen) atoms. The Labute approximate surface area is 188 Å². The number of anilines is 1. The molecule has 0 N–H and O–H groups in total. The summed E-state index contributed by atoms with van der Waals surface area (Å²) in [6.45, 7) is 8.59. The van der Waals surface area contributed by atoms with Gasteiger partial charge in [-0.1, -0.05) is 24.3 Å². The Bertz CT molecular complexity index is 1070. The average Bonchev–Trinajstić information content (AvgIpc) is 3.37. The lowest BCUT2D eigenvalue weighted by atomic mass is 9.97. The fourth-order valence-corrected chi connectivity index (χ4v) is 4.07. The van der Waals surface area contributed by atoms with E-state index in [2.05, 4.69) is 29.2 Å². The standard InChI is InChI=1S/C26H28N2O4/c1-3-28(26(30)25-5-4-12-32-25)24-16-22(15-23(18-29)19(24)2)21-8-6-20(7-9-21)17-27-10-13-31-14-11-27/h4-9,12,15-16,18H,3,10-11,13-14,17H2,1-2H3. The zero-order valence-electron chi connectivity index (χ0n) is 18.5. The highest BCUT2D eigenvalue weighted by atomic mass is 16.5. The van der Waals surface area contributed by atoms with Crippen molar-refractivity contribution in [2.45, 2.75) is 20.4 Å². The first-order chi connectivity index (χ1) is 15.6. The summed E-state index contributed by atoms with van der Waals surface area (Å²) >= 11 is 0. The number of rotatable bonds is 7. The lowest BCUT2D eigenvalue weighted by Crippen LogP contribution is -2.35. The zero-order valence-corrected chi connectivity index (χ0v) is 18.5. The number of carbonyl (C=O) groups excluding carboxylic acids is 2. The first-order valence-corrected chi connectivity index (χ1v) is 10.9. The van der Waals surface area contributed by atoms with E-state index in [1.807, 2.05) is 26.0 Å². The van der Waals surface area contributed by atoms with Gasteiger partial charge in [-0.2, -0.15) is 0 Å². The minimum absolute atomic E-state index is 0.226. The predicted octanol–water partition coefficient (Wildman–Crippen LogP) is 4.57. The molecule has 1 aliphatic heterocycles. The van der Waals surface area contributed by atoms with Gasteiger partial charge in [-0.05, 0) is 60.4 Å². The summed E-state index contributed by atoms with van der Waals surface area (Å²) in [7, 11) is 0. The summed E-state index contributed by atoms with van der Waals surface area (Å²) in [5.74, 6) is 0.0484. The lowest BCUT2D eigenvalue weighted by Gasteiger charge is -2.26. The highest BCUT2D eigenvalue weighted by molar-refractivity contribution is 6.05. The van der Waals surface area contributed by atoms with Crippen molar-refractivity contribution in [2.24, 2.45) is 0 Å². The van der Waals surface area contributed by atoms with Crippen LogP contribution in [0, 0.1) is 6.92 Å². The number of carbonyl (C=O) groups is 2. The highest BCUT2D eigenvalue weighted by Crippen LogP contribution is 2.31. The lowest BCUT2D eigenvalue weighted by molar-refractivity contribution is 0.0342. The summed E-state index contributed by atoms with van der Waals surface area (Å²) in [4.78, 5) is 28.8. The third-order valence-electron chi connectivity index (χ3n) is 5.93. The smallest absolute Gasteiger partial charge is 0.293 e. The third-order valence-corrected chi connectivity index (χ3v) is 5.93. The second-order valence-electron chi connectivity index (χ2n) is 7.94. The van der Waals surface area contributed by atoms with Crippen molar-refractivity contribution >= 4 is 17.9 Å². The second-order valence-corrected chi connectivity index (χ2v) is 7.94. The number of benzene rings is 2. The van der Waals surface area contributed by atoms with E-state index in [0.29, 0.717) is 17.8 Å². The number of morpholine rings is 1. The van der Waals surface area contributed by atoms with Gasteiger partial charge in [-0.3, -0.25) is 14.5 Å². The van der Waals surface area contributed by atoms with Gasteiger partial charge in [0.15, 0.2) is 5.76 Å². The molecule has 0 radical (unpaired) electrons. The molecule has 0 unspecified atom stereocenters. The van der Waals surface area contributed by atoms with E-state index in [0.717, 1.165) is 55.8 Å². The van der Waals surface area contributed by atoms with Gasteiger partial charge in [0.25, 0.3) is 5.91 Å². The van der Waals surface area contributed by atoms with Crippen molar-refractivity contribution in [3.63, 3.8) is 0 Å². The van der Waals surface area contributed by atoms with Crippen LogP contribution in [0.15, 0.2) is 59.2 Å². The molecule has 0 atom stereocenters. The van der Waals surface area contributed by atoms with E-state index < -0.39 is 0 Å². The number of nitrogens with zero attached hydrogens (tertiary/aromatic N) is 2. The Morgan fingerprint density at radius 1 is 1.09 bits per heavy atom. The van der Waals surface area contributed by atoms with Crippen molar-refractivity contribution in [3.05, 3.63) is 77.2 Å². The molecule has 0 aliphatic carbocycles. The van der Waals surface area contributed by atoms with Crippen LogP contribution < -0.4 is 4.90 Å². The average molecular weight is 433 g/mol. The quantitative estimate of drug-likeness (QED) is 0.512. The van der Waals surface area contributed by atoms with Gasteiger partial charge in [0.05, 0.1) is 19.5 Å². The minimum Gasteiger partial charge on any atom is -0.459 e. The number of hydrogen-bond donors (Lipinski definition) is 0. The molecular weight excluding hydrogens is 404 g/mol. The van der Waals surface area contributed by atoms with Gasteiger partial charge in [0.2, 0.25) is 0 Å². The van der Waals surface area contributed by atoms with Gasteiger partial charge in [-0.25, -0.2) is 0 Å². The summed E-state index contributed by atoms with van der Waals surface area (Å²) in [6, 6.07) is 15.6. The molecular formula is C26H28N2O4. The van der Waals surface area contributed by atoms with E-state index in [-0.39, 0.29) is 11.7 Å². The first kappa shape index (κ1) is 22.0. The largest absolute Gasteiger partial charge is 0.459 e. The van der Waals surface area contributed by atoms with Gasteiger partial charge >= 0.3 is 0 Å². The van der Waals surface area contributed by atoms with Crippen LogP contribution in [0.4, 0.5) is 5.69 Å². The summed E-state index contributed by atoms with van der Waals surface area (Å²) in [5.41, 5.74) is 5.19. The van der Waals surface area contributed by atoms with Crippen LogP contribution in [0.1, 0.15) is 39.0 Å². The predicted molar refractivity (Wildman–Crippen MR) is 124 cm³/mol. The molecule has 0 spiro atoms. The topological polar surface area (TPSA) is 63.0 Å². The van der Waals surface area contributed by atoms with Crippen LogP contribution in [-0.2, 0) is 11.3 Å². The summed E-state index contributed by atoms with van der Waals surface area (Å²) < 4.78 is 10.7. The molecule has 0 saturated carbocycles. The van der Waals surface area contributed by atoms with Gasteiger partial charge < -0.3 is 14.1 Å². The van der Waals surface area contributed by atoms with E-state index in [9.17, 15) is 9.59 Å². The molecule has 1 amide bonds. The van der Waals surface area contributed by atoms with Crippen LogP contribution in [0.5, 0.6) is 0 Å². The Morgan fingerprint density at radius 3 is 2.47 bits per heavy atom. The number of amides is 1. The maximum absolute atomic E-state index is 13.0. The molecule has 6 nitrogen and oxygen atoms in total. The van der Waals surface area contributed by atoms with E-state index in [4.69, 9.17) is 9.15 Å². The summed E-state index contributed by atoms with van der Waals surface area (Å²) in [5, 5.41) is 0. The highest BCUT2D eigenvalue weighted by Gasteiger charge is 2.22. The molecule has 1 fully saturated rings. The minimum atomic E-state index is -0.226. The molecule has 1 aliphatic rings. The number of hydrogen-bond acceptors (Lipinski definition) is 5. The van der Waals surface area contributed by atoms with E-state index >= 15 is 0 Å². The van der Waals surface area contributed by atoms with Crippen LogP contribution in [0.3, 0.4) is 0 Å². The molecule has 0 bridgehead atoms. The number of ether oxygens (including phenoxy) is 1. The molecule has 6 heteroatoms. The van der Waals surface area contributed by atoms with Crippen molar-refractivity contribution in [1.29, 1.82) is 0 Å². The second kappa shape index (κ2) is 9.94. The van der Waals surface area contributed by atoms with Crippen molar-refractivity contribution in [3.8, 4) is 11.1 Å². The fourth-order valence-electron chi connectivity index (χ4n) is 4.07. The number of furan rings is 1. The molecule has 3 aromatic rings. The normalized spacial score (nSPS) is 14.3. The van der Waals surface area contributed by atoms with Crippen LogP contribution in [-0.4, -0.2) is 49.9 Å². The zero-order chi connectivity index (χ0) is 22.5. The molecule has 2 aromatic carbocycles. The molecule has 1 saturated heterocycles. The maximum Gasteiger partial charge on any atom is 0.293 e. The van der Waals surface area contributed by atoms with Gasteiger partial charge in [0, 0.05) is 37.4 Å². The number of aldehydes is 1. The van der Waals surface area contributed by atoms with Crippen LogP contribution >= 0.6 is 0 Å². The van der Waals surface area contributed by atoms with Gasteiger partial charge in [-0.15, -0.1) is 0 Å². The Morgan fingerprint density at radius 2 is 1.84 bits per heavy atom. The van der Waals surface area contributed by atoms with Crippen LogP contribution in [0.25, 0.3) is 11.1 Å². The third kappa shape index (κ3) is 4.66. The Kier molecular flexibility index (Phi) is 6.83. The Balaban J connectivity index is 1.64. The van der Waals surface area contributed by atoms with Gasteiger partial charge in [0.1, 0.15) is 6.29 Å².